The average molecular weight is 260 g/mol. The molecule has 2 heterocycles. The van der Waals surface area contributed by atoms with Gasteiger partial charge in [0, 0.05) is 30.5 Å². The van der Waals surface area contributed by atoms with Gasteiger partial charge in [0.05, 0.1) is 6.61 Å². The highest BCUT2D eigenvalue weighted by Crippen LogP contribution is 2.18. The fourth-order valence-corrected chi connectivity index (χ4v) is 2.27. The van der Waals surface area contributed by atoms with Crippen molar-refractivity contribution < 1.29 is 14.6 Å². The van der Waals surface area contributed by atoms with Crippen molar-refractivity contribution in [2.45, 2.75) is 12.0 Å². The van der Waals surface area contributed by atoms with Gasteiger partial charge < -0.3 is 20.1 Å². The topological polar surface area (TPSA) is 74.3 Å². The molecule has 1 aromatic carbocycles. The Kier molecular flexibility index (Phi) is 3.00. The lowest BCUT2D eigenvalue weighted by molar-refractivity contribution is 0.0264. The number of H-pyrrole nitrogens is 1. The third kappa shape index (κ3) is 2.47. The number of aromatic amines is 1. The maximum absolute atomic E-state index is 12.0. The van der Waals surface area contributed by atoms with Gasteiger partial charge in [0.15, 0.2) is 0 Å². The van der Waals surface area contributed by atoms with E-state index in [0.717, 1.165) is 10.9 Å². The highest BCUT2D eigenvalue weighted by Gasteiger charge is 2.32. The molecule has 1 amide bonds. The summed E-state index contributed by atoms with van der Waals surface area (Å²) in [4.78, 5) is 15.1. The summed E-state index contributed by atoms with van der Waals surface area (Å²) in [5.74, 6) is -0.212. The second kappa shape index (κ2) is 4.68. The largest absolute Gasteiger partial charge is 0.386 e. The van der Waals surface area contributed by atoms with Crippen molar-refractivity contribution in [1.29, 1.82) is 0 Å². The number of aliphatic hydroxyl groups is 1. The molecule has 5 heteroatoms. The Balaban J connectivity index is 1.69. The number of hydrogen-bond donors (Lipinski definition) is 3. The molecule has 0 aliphatic carbocycles. The summed E-state index contributed by atoms with van der Waals surface area (Å²) in [7, 11) is 0. The molecule has 5 nitrogen and oxygen atoms in total. The van der Waals surface area contributed by atoms with Crippen LogP contribution in [0, 0.1) is 0 Å². The van der Waals surface area contributed by atoms with Crippen LogP contribution in [0.15, 0.2) is 30.3 Å². The Morgan fingerprint density at radius 3 is 3.05 bits per heavy atom. The SMILES string of the molecule is O=C(NCC1(O)CCOC1)c1cc2ccccc2[nH]1. The molecule has 1 fully saturated rings. The molecule has 0 radical (unpaired) electrons. The number of aromatic nitrogens is 1. The van der Waals surface area contributed by atoms with Crippen molar-refractivity contribution in [3.63, 3.8) is 0 Å². The van der Waals surface area contributed by atoms with Gasteiger partial charge in [0.1, 0.15) is 11.3 Å². The summed E-state index contributed by atoms with van der Waals surface area (Å²) >= 11 is 0. The first-order valence-electron chi connectivity index (χ1n) is 6.32. The van der Waals surface area contributed by atoms with Gasteiger partial charge >= 0.3 is 0 Å². The molecule has 2 aromatic rings. The van der Waals surface area contributed by atoms with Crippen LogP contribution in [0.4, 0.5) is 0 Å². The second-order valence-corrected chi connectivity index (χ2v) is 4.98. The molecule has 19 heavy (non-hydrogen) atoms. The van der Waals surface area contributed by atoms with Gasteiger partial charge in [-0.15, -0.1) is 0 Å². The van der Waals surface area contributed by atoms with Gasteiger partial charge in [0.2, 0.25) is 0 Å². The smallest absolute Gasteiger partial charge is 0.267 e. The Hall–Kier alpha value is -1.85. The summed E-state index contributed by atoms with van der Waals surface area (Å²) < 4.78 is 5.14. The Morgan fingerprint density at radius 1 is 1.47 bits per heavy atom. The summed E-state index contributed by atoms with van der Waals surface area (Å²) in [5.41, 5.74) is 0.501. The minimum absolute atomic E-state index is 0.210. The fraction of sp³-hybridized carbons (Fsp3) is 0.357. The van der Waals surface area contributed by atoms with E-state index >= 15 is 0 Å². The van der Waals surface area contributed by atoms with Gasteiger partial charge in [0.25, 0.3) is 5.91 Å². The Morgan fingerprint density at radius 2 is 2.32 bits per heavy atom. The Bertz CT molecular complexity index is 567. The zero-order chi connectivity index (χ0) is 13.3. The summed E-state index contributed by atoms with van der Waals surface area (Å²) in [6.07, 6.45) is 0.556. The zero-order valence-corrected chi connectivity index (χ0v) is 10.5. The molecule has 3 N–H and O–H groups in total. The fourth-order valence-electron chi connectivity index (χ4n) is 2.27. The normalized spacial score (nSPS) is 22.8. The molecule has 3 rings (SSSR count). The molecule has 1 aromatic heterocycles. The van der Waals surface area contributed by atoms with Gasteiger partial charge in [-0.1, -0.05) is 18.2 Å². The van der Waals surface area contributed by atoms with Gasteiger partial charge in [-0.25, -0.2) is 0 Å². The molecular formula is C14H16N2O3. The number of benzene rings is 1. The van der Waals surface area contributed by atoms with Crippen LogP contribution in [-0.4, -0.2) is 41.4 Å². The number of amides is 1. The van der Waals surface area contributed by atoms with Crippen molar-refractivity contribution >= 4 is 16.8 Å². The molecule has 0 bridgehead atoms. The standard InChI is InChI=1S/C14H16N2O3/c17-13(15-8-14(18)5-6-19-9-14)12-7-10-3-1-2-4-11(10)16-12/h1-4,7,16,18H,5-6,8-9H2,(H,15,17). The predicted molar refractivity (Wildman–Crippen MR) is 71.0 cm³/mol. The molecular weight excluding hydrogens is 244 g/mol. The number of para-hydroxylation sites is 1. The average Bonchev–Trinajstić information content (AvgIpc) is 3.02. The highest BCUT2D eigenvalue weighted by molar-refractivity contribution is 5.97. The quantitative estimate of drug-likeness (QED) is 0.772. The number of rotatable bonds is 3. The van der Waals surface area contributed by atoms with E-state index in [1.807, 2.05) is 24.3 Å². The van der Waals surface area contributed by atoms with Crippen LogP contribution in [-0.2, 0) is 4.74 Å². The van der Waals surface area contributed by atoms with E-state index in [0.29, 0.717) is 18.7 Å². The first-order chi connectivity index (χ1) is 9.16. The van der Waals surface area contributed by atoms with Crippen LogP contribution in [0.5, 0.6) is 0 Å². The highest BCUT2D eigenvalue weighted by atomic mass is 16.5. The lowest BCUT2D eigenvalue weighted by Crippen LogP contribution is -2.43. The molecule has 1 aliphatic heterocycles. The van der Waals surface area contributed by atoms with Crippen molar-refractivity contribution in [3.05, 3.63) is 36.0 Å². The van der Waals surface area contributed by atoms with Crippen LogP contribution < -0.4 is 5.32 Å². The van der Waals surface area contributed by atoms with Crippen molar-refractivity contribution in [3.8, 4) is 0 Å². The van der Waals surface area contributed by atoms with E-state index in [1.165, 1.54) is 0 Å². The number of hydrogen-bond acceptors (Lipinski definition) is 3. The van der Waals surface area contributed by atoms with Crippen LogP contribution >= 0.6 is 0 Å². The predicted octanol–water partition coefficient (Wildman–Crippen LogP) is 1.05. The number of ether oxygens (including phenoxy) is 1. The molecule has 1 saturated heterocycles. The van der Waals surface area contributed by atoms with E-state index in [-0.39, 0.29) is 19.1 Å². The number of carbonyl (C=O) groups is 1. The van der Waals surface area contributed by atoms with Crippen molar-refractivity contribution in [2.75, 3.05) is 19.8 Å². The molecule has 0 spiro atoms. The summed E-state index contributed by atoms with van der Waals surface area (Å²) in [5, 5.41) is 13.8. The van der Waals surface area contributed by atoms with E-state index in [2.05, 4.69) is 10.3 Å². The second-order valence-electron chi connectivity index (χ2n) is 4.98. The van der Waals surface area contributed by atoms with E-state index < -0.39 is 5.60 Å². The Labute approximate surface area is 110 Å². The maximum Gasteiger partial charge on any atom is 0.267 e. The van der Waals surface area contributed by atoms with Crippen LogP contribution in [0.1, 0.15) is 16.9 Å². The van der Waals surface area contributed by atoms with Crippen molar-refractivity contribution in [2.24, 2.45) is 0 Å². The number of nitrogens with one attached hydrogen (secondary N) is 2. The first-order valence-corrected chi connectivity index (χ1v) is 6.32. The lowest BCUT2D eigenvalue weighted by Gasteiger charge is -2.20. The van der Waals surface area contributed by atoms with Crippen LogP contribution in [0.25, 0.3) is 10.9 Å². The zero-order valence-electron chi connectivity index (χ0n) is 10.5. The lowest BCUT2D eigenvalue weighted by atomic mass is 10.0. The molecule has 100 valence electrons. The summed E-state index contributed by atoms with van der Waals surface area (Å²) in [6.45, 7) is 1.03. The summed E-state index contributed by atoms with van der Waals surface area (Å²) in [6, 6.07) is 9.51. The molecule has 0 saturated carbocycles. The van der Waals surface area contributed by atoms with Crippen LogP contribution in [0.2, 0.25) is 0 Å². The monoisotopic (exact) mass is 260 g/mol. The first kappa shape index (κ1) is 12.2. The minimum atomic E-state index is -0.929. The van der Waals surface area contributed by atoms with E-state index in [9.17, 15) is 9.90 Å². The minimum Gasteiger partial charge on any atom is -0.386 e. The number of fused-ring (bicyclic) bond motifs is 1. The molecule has 1 unspecified atom stereocenters. The molecule has 1 aliphatic rings. The molecule has 1 atom stereocenters. The van der Waals surface area contributed by atoms with E-state index in [1.54, 1.807) is 6.07 Å². The van der Waals surface area contributed by atoms with Crippen LogP contribution in [0.3, 0.4) is 0 Å². The third-order valence-corrected chi connectivity index (χ3v) is 3.44. The number of carbonyl (C=O) groups excluding carboxylic acids is 1. The van der Waals surface area contributed by atoms with Gasteiger partial charge in [-0.3, -0.25) is 4.79 Å². The van der Waals surface area contributed by atoms with Gasteiger partial charge in [-0.2, -0.15) is 0 Å². The van der Waals surface area contributed by atoms with Gasteiger partial charge in [-0.05, 0) is 12.1 Å². The van der Waals surface area contributed by atoms with Crippen molar-refractivity contribution in [1.82, 2.24) is 10.3 Å². The van der Waals surface area contributed by atoms with E-state index in [4.69, 9.17) is 4.74 Å². The third-order valence-electron chi connectivity index (χ3n) is 3.44. The maximum atomic E-state index is 12.0.